The molecule has 1 atom stereocenters. The molecular weight excluding hydrogens is 410 g/mol. The number of hydrogen-bond donors (Lipinski definition) is 1. The molecule has 156 valence electrons. The molecule has 0 unspecified atom stereocenters. The number of carbonyl (C=O) groups is 3. The Kier molecular flexibility index (Phi) is 6.36. The first-order chi connectivity index (χ1) is 14.3. The van der Waals surface area contributed by atoms with Crippen molar-refractivity contribution in [1.29, 1.82) is 0 Å². The number of amides is 2. The number of nitrogens with zero attached hydrogens (tertiary/aromatic N) is 2. The number of benzene rings is 1. The molecule has 2 amide bonds. The van der Waals surface area contributed by atoms with Crippen molar-refractivity contribution >= 4 is 35.2 Å². The van der Waals surface area contributed by atoms with Crippen LogP contribution in [0.2, 0.25) is 0 Å². The molecule has 1 aromatic rings. The van der Waals surface area contributed by atoms with Crippen molar-refractivity contribution in [2.75, 3.05) is 0 Å². The Hall–Kier alpha value is -3.40. The molecule has 0 radical (unpaired) electrons. The number of non-ortho nitro benzene ring substituents is 1. The summed E-state index contributed by atoms with van der Waals surface area (Å²) in [5, 5.41) is 14.9. The molecule has 0 spiro atoms. The average Bonchev–Trinajstić information content (AvgIpc) is 3.04. The van der Waals surface area contributed by atoms with E-state index in [1.54, 1.807) is 18.4 Å². The zero-order valence-corrected chi connectivity index (χ0v) is 17.1. The highest BCUT2D eigenvalue weighted by Gasteiger charge is 2.51. The molecule has 1 aromatic carbocycles. The van der Waals surface area contributed by atoms with Gasteiger partial charge in [-0.25, -0.2) is 4.79 Å². The average molecular weight is 429 g/mol. The molecule has 10 heteroatoms. The fraction of sp³-hybridized carbons (Fsp3) is 0.250. The minimum Gasteiger partial charge on any atom is -0.456 e. The second-order valence-corrected chi connectivity index (χ2v) is 7.53. The summed E-state index contributed by atoms with van der Waals surface area (Å²) in [5.74, 6) is -1.09. The van der Waals surface area contributed by atoms with Gasteiger partial charge in [0, 0.05) is 42.2 Å². The Bertz CT molecular complexity index is 996. The summed E-state index contributed by atoms with van der Waals surface area (Å²) in [4.78, 5) is 48.5. The molecule has 0 aromatic heterocycles. The molecule has 30 heavy (non-hydrogen) atoms. The van der Waals surface area contributed by atoms with Crippen LogP contribution in [0, 0.1) is 10.1 Å². The van der Waals surface area contributed by atoms with E-state index < -0.39 is 10.9 Å². The summed E-state index contributed by atoms with van der Waals surface area (Å²) in [6.07, 6.45) is 3.69. The number of β-lactam (4-membered cyclic amide) rings is 1. The Morgan fingerprint density at radius 1 is 1.37 bits per heavy atom. The van der Waals surface area contributed by atoms with E-state index in [4.69, 9.17) is 4.74 Å². The van der Waals surface area contributed by atoms with E-state index in [9.17, 15) is 24.5 Å². The van der Waals surface area contributed by atoms with Crippen molar-refractivity contribution in [3.05, 3.63) is 73.8 Å². The third-order valence-corrected chi connectivity index (χ3v) is 5.52. The molecule has 2 heterocycles. The van der Waals surface area contributed by atoms with Crippen molar-refractivity contribution in [3.63, 3.8) is 0 Å². The van der Waals surface area contributed by atoms with E-state index in [0.717, 1.165) is 0 Å². The normalized spacial score (nSPS) is 19.1. The number of nitrogens with one attached hydrogen (secondary N) is 1. The number of carbonyl (C=O) groups excluding carboxylic acids is 3. The van der Waals surface area contributed by atoms with Gasteiger partial charge in [-0.1, -0.05) is 17.8 Å². The molecule has 0 bridgehead atoms. The fourth-order valence-corrected chi connectivity index (χ4v) is 4.04. The maximum Gasteiger partial charge on any atom is 0.356 e. The van der Waals surface area contributed by atoms with Crippen molar-refractivity contribution < 1.29 is 24.0 Å². The number of ether oxygens (including phenoxy) is 1. The van der Waals surface area contributed by atoms with Gasteiger partial charge in [0.2, 0.25) is 5.91 Å². The number of hydrogen-bond acceptors (Lipinski definition) is 7. The van der Waals surface area contributed by atoms with Gasteiger partial charge in [0.25, 0.3) is 11.6 Å². The number of nitro groups is 1. The lowest BCUT2D eigenvalue weighted by Crippen LogP contribution is -2.52. The highest BCUT2D eigenvalue weighted by Crippen LogP contribution is 2.46. The zero-order chi connectivity index (χ0) is 21.8. The minimum atomic E-state index is -0.644. The molecule has 1 fully saturated rings. The van der Waals surface area contributed by atoms with Gasteiger partial charge in [-0.15, -0.1) is 0 Å². The predicted molar refractivity (Wildman–Crippen MR) is 109 cm³/mol. The second-order valence-electron chi connectivity index (χ2n) is 6.53. The largest absolute Gasteiger partial charge is 0.456 e. The van der Waals surface area contributed by atoms with Gasteiger partial charge in [0.15, 0.2) is 0 Å². The summed E-state index contributed by atoms with van der Waals surface area (Å²) < 4.78 is 5.37. The van der Waals surface area contributed by atoms with Gasteiger partial charge < -0.3 is 10.1 Å². The lowest BCUT2D eigenvalue weighted by atomic mass is 9.94. The van der Waals surface area contributed by atoms with Gasteiger partial charge in [-0.2, -0.15) is 0 Å². The Balaban J connectivity index is 1.73. The standard InChI is InChI=1S/C20H19N3O6S/c1-3-15-16-10-17(30-9-8-21-12(2)24)18(22(16)19(15)25)20(26)29-11-13-4-6-14(7-5-13)23(27)28/h3-9,16H,10-11H2,1-2H3,(H,21,24)/t16-/m1/s1. The smallest absolute Gasteiger partial charge is 0.356 e. The van der Waals surface area contributed by atoms with Gasteiger partial charge in [0.1, 0.15) is 12.3 Å². The second kappa shape index (κ2) is 8.95. The monoisotopic (exact) mass is 429 g/mol. The van der Waals surface area contributed by atoms with Crippen LogP contribution in [0.3, 0.4) is 0 Å². The van der Waals surface area contributed by atoms with Crippen LogP contribution in [0.15, 0.2) is 58.1 Å². The van der Waals surface area contributed by atoms with Crippen LogP contribution in [-0.4, -0.2) is 33.6 Å². The van der Waals surface area contributed by atoms with E-state index in [1.165, 1.54) is 54.1 Å². The third-order valence-electron chi connectivity index (χ3n) is 4.61. The summed E-state index contributed by atoms with van der Waals surface area (Å²) in [5.41, 5.74) is 1.38. The fourth-order valence-electron chi connectivity index (χ4n) is 3.19. The highest BCUT2D eigenvalue weighted by molar-refractivity contribution is 8.05. The summed E-state index contributed by atoms with van der Waals surface area (Å²) >= 11 is 1.24. The summed E-state index contributed by atoms with van der Waals surface area (Å²) in [6, 6.07) is 5.49. The number of thioether (sulfide) groups is 1. The third kappa shape index (κ3) is 4.28. The lowest BCUT2D eigenvalue weighted by molar-refractivity contribution is -0.384. The Morgan fingerprint density at radius 3 is 2.67 bits per heavy atom. The Labute approximate surface area is 176 Å². The van der Waals surface area contributed by atoms with Crippen LogP contribution in [0.4, 0.5) is 5.69 Å². The zero-order valence-electron chi connectivity index (χ0n) is 16.3. The van der Waals surface area contributed by atoms with Crippen molar-refractivity contribution in [2.24, 2.45) is 0 Å². The lowest BCUT2D eigenvalue weighted by Gasteiger charge is -2.38. The topological polar surface area (TPSA) is 119 Å². The maximum atomic E-state index is 12.8. The van der Waals surface area contributed by atoms with E-state index >= 15 is 0 Å². The SMILES string of the molecule is CC=C1C(=O)N2C(C(=O)OCc3ccc([N+](=O)[O-])cc3)=C(SC=CNC(C)=O)C[C@H]12. The highest BCUT2D eigenvalue weighted by atomic mass is 32.2. The van der Waals surface area contributed by atoms with Crippen LogP contribution in [0.25, 0.3) is 0 Å². The van der Waals surface area contributed by atoms with Crippen LogP contribution in [0.5, 0.6) is 0 Å². The molecule has 0 saturated carbocycles. The number of rotatable bonds is 7. The summed E-state index contributed by atoms with van der Waals surface area (Å²) in [6.45, 7) is 3.08. The molecule has 2 aliphatic rings. The van der Waals surface area contributed by atoms with Crippen molar-refractivity contribution in [2.45, 2.75) is 32.9 Å². The molecule has 1 N–H and O–H groups in total. The first-order valence-corrected chi connectivity index (χ1v) is 9.93. The first-order valence-electron chi connectivity index (χ1n) is 9.05. The maximum absolute atomic E-state index is 12.8. The predicted octanol–water partition coefficient (Wildman–Crippen LogP) is 2.75. The van der Waals surface area contributed by atoms with Gasteiger partial charge in [-0.05, 0) is 30.0 Å². The van der Waals surface area contributed by atoms with E-state index in [1.807, 2.05) is 0 Å². The van der Waals surface area contributed by atoms with Crippen LogP contribution in [0.1, 0.15) is 25.8 Å². The Morgan fingerprint density at radius 2 is 2.07 bits per heavy atom. The minimum absolute atomic E-state index is 0.0545. The van der Waals surface area contributed by atoms with Crippen molar-refractivity contribution in [1.82, 2.24) is 10.2 Å². The van der Waals surface area contributed by atoms with Crippen LogP contribution < -0.4 is 5.32 Å². The molecule has 2 aliphatic heterocycles. The van der Waals surface area contributed by atoms with Crippen LogP contribution in [-0.2, 0) is 25.7 Å². The number of allylic oxidation sites excluding steroid dienone is 1. The number of nitro benzene ring substituents is 1. The van der Waals surface area contributed by atoms with Gasteiger partial charge in [0.05, 0.1) is 11.0 Å². The van der Waals surface area contributed by atoms with E-state index in [0.29, 0.717) is 22.5 Å². The summed E-state index contributed by atoms with van der Waals surface area (Å²) in [7, 11) is 0. The number of esters is 1. The number of fused-ring (bicyclic) bond motifs is 1. The molecular formula is C20H19N3O6S. The van der Waals surface area contributed by atoms with Gasteiger partial charge in [-0.3, -0.25) is 24.6 Å². The first kappa shape index (κ1) is 21.3. The van der Waals surface area contributed by atoms with Crippen molar-refractivity contribution in [3.8, 4) is 0 Å². The molecule has 0 aliphatic carbocycles. The molecule has 3 rings (SSSR count). The van der Waals surface area contributed by atoms with Crippen LogP contribution >= 0.6 is 11.8 Å². The van der Waals surface area contributed by atoms with E-state index in [2.05, 4.69) is 5.32 Å². The molecule has 9 nitrogen and oxygen atoms in total. The van der Waals surface area contributed by atoms with Gasteiger partial charge >= 0.3 is 5.97 Å². The van der Waals surface area contributed by atoms with E-state index in [-0.39, 0.29) is 35.8 Å². The molecule has 1 saturated heterocycles. The quantitative estimate of drug-likeness (QED) is 0.233.